The number of nitrogens with zero attached hydrogens (tertiary/aromatic N) is 1. The normalized spacial score (nSPS) is 25.8. The summed E-state index contributed by atoms with van der Waals surface area (Å²) in [7, 11) is 0. The number of rotatable bonds is 0. The maximum Gasteiger partial charge on any atom is 0.0251 e. The van der Waals surface area contributed by atoms with E-state index in [1.807, 2.05) is 0 Å². The van der Waals surface area contributed by atoms with Gasteiger partial charge >= 0.3 is 0 Å². The van der Waals surface area contributed by atoms with Gasteiger partial charge in [0.1, 0.15) is 0 Å². The predicted molar refractivity (Wildman–Crippen MR) is 18.0 cm³/mol. The molecule has 0 bridgehead atoms. The Bertz CT molecular complexity index is 33.9. The second-order valence-corrected chi connectivity index (χ2v) is 1.31. The van der Waals surface area contributed by atoms with Gasteiger partial charge in [0, 0.05) is 13.1 Å². The molecule has 1 heterocycles. The Labute approximate surface area is 31.0 Å². The molecule has 0 aromatic carbocycles. The van der Waals surface area contributed by atoms with Gasteiger partial charge in [-0.1, -0.05) is 0 Å². The molecule has 1 N–H and O–H groups in total. The van der Waals surface area contributed by atoms with Crippen LogP contribution in [0, 0.1) is 0 Å². The lowest BCUT2D eigenvalue weighted by Gasteiger charge is -2.22. The Balaban J connectivity index is 2.08. The van der Waals surface area contributed by atoms with Crippen molar-refractivity contribution in [2.75, 3.05) is 13.1 Å². The van der Waals surface area contributed by atoms with Crippen molar-refractivity contribution in [1.82, 2.24) is 5.06 Å². The molecule has 0 atom stereocenters. The molecule has 0 spiro atoms. The molecule has 0 unspecified atom stereocenters. The van der Waals surface area contributed by atoms with E-state index in [4.69, 9.17) is 5.21 Å². The average Bonchev–Trinajstić information content (AvgIpc) is 1.30. The van der Waals surface area contributed by atoms with E-state index >= 15 is 0 Å². The van der Waals surface area contributed by atoms with E-state index in [0.717, 1.165) is 19.5 Å². The molecule has 30 valence electrons. The average molecular weight is 73.1 g/mol. The predicted octanol–water partition coefficient (Wildman–Crippen LogP) is 0.0813. The molecule has 0 amide bonds. The lowest BCUT2D eigenvalue weighted by Crippen LogP contribution is -2.33. The lowest BCUT2D eigenvalue weighted by molar-refractivity contribution is -0.137. The van der Waals surface area contributed by atoms with E-state index in [1.165, 1.54) is 5.06 Å². The second kappa shape index (κ2) is 0.954. The van der Waals surface area contributed by atoms with Crippen LogP contribution >= 0.6 is 0 Å². The van der Waals surface area contributed by atoms with E-state index in [-0.39, 0.29) is 0 Å². The third-order valence-electron chi connectivity index (χ3n) is 0.832. The molecule has 0 aliphatic carbocycles. The highest BCUT2D eigenvalue weighted by Gasteiger charge is 2.07. The van der Waals surface area contributed by atoms with Gasteiger partial charge in [-0.3, -0.25) is 0 Å². The summed E-state index contributed by atoms with van der Waals surface area (Å²) in [4.78, 5) is 0. The van der Waals surface area contributed by atoms with Gasteiger partial charge in [0.25, 0.3) is 0 Å². The summed E-state index contributed by atoms with van der Waals surface area (Å²) in [6.45, 7) is 1.75. The van der Waals surface area contributed by atoms with E-state index < -0.39 is 0 Å². The SMILES string of the molecule is ON1CCC1. The maximum atomic E-state index is 8.28. The van der Waals surface area contributed by atoms with Crippen LogP contribution in [0.4, 0.5) is 0 Å². The standard InChI is InChI=1S/C3H7NO/c5-4-2-1-3-4/h5H,1-3H2. The fourth-order valence-corrected chi connectivity index (χ4v) is 0.300. The zero-order valence-corrected chi connectivity index (χ0v) is 3.02. The smallest absolute Gasteiger partial charge is 0.0251 e. The third kappa shape index (κ3) is 0.412. The van der Waals surface area contributed by atoms with E-state index in [2.05, 4.69) is 0 Å². The second-order valence-electron chi connectivity index (χ2n) is 1.31. The van der Waals surface area contributed by atoms with Crippen LogP contribution < -0.4 is 0 Å². The summed E-state index contributed by atoms with van der Waals surface area (Å²) < 4.78 is 0. The lowest BCUT2D eigenvalue weighted by atomic mass is 10.3. The van der Waals surface area contributed by atoms with Gasteiger partial charge in [-0.05, 0) is 6.42 Å². The zero-order chi connectivity index (χ0) is 3.70. The van der Waals surface area contributed by atoms with Gasteiger partial charge in [-0.25, -0.2) is 0 Å². The van der Waals surface area contributed by atoms with Crippen LogP contribution in [0.25, 0.3) is 0 Å². The Kier molecular flexibility index (Phi) is 0.596. The zero-order valence-electron chi connectivity index (χ0n) is 3.02. The molecule has 1 aliphatic heterocycles. The Morgan fingerprint density at radius 1 is 1.40 bits per heavy atom. The van der Waals surface area contributed by atoms with Gasteiger partial charge in [-0.2, -0.15) is 5.06 Å². The van der Waals surface area contributed by atoms with Crippen molar-refractivity contribution >= 4 is 0 Å². The van der Waals surface area contributed by atoms with Crippen LogP contribution in [0.2, 0.25) is 0 Å². The largest absolute Gasteiger partial charge is 0.314 e. The third-order valence-corrected chi connectivity index (χ3v) is 0.832. The van der Waals surface area contributed by atoms with Crippen LogP contribution in [-0.2, 0) is 0 Å². The summed E-state index contributed by atoms with van der Waals surface area (Å²) >= 11 is 0. The minimum absolute atomic E-state index is 0.875. The molecule has 2 nitrogen and oxygen atoms in total. The van der Waals surface area contributed by atoms with Gasteiger partial charge in [0.15, 0.2) is 0 Å². The molecule has 1 fully saturated rings. The monoisotopic (exact) mass is 73.1 g/mol. The molecule has 1 rings (SSSR count). The van der Waals surface area contributed by atoms with Crippen molar-refractivity contribution in [3.05, 3.63) is 0 Å². The van der Waals surface area contributed by atoms with E-state index in [1.54, 1.807) is 0 Å². The highest BCUT2D eigenvalue weighted by Crippen LogP contribution is 1.97. The molecule has 1 aliphatic rings. The first-order valence-electron chi connectivity index (χ1n) is 1.83. The van der Waals surface area contributed by atoms with Crippen molar-refractivity contribution in [3.8, 4) is 0 Å². The molecule has 1 saturated heterocycles. The molecule has 5 heavy (non-hydrogen) atoms. The van der Waals surface area contributed by atoms with Gasteiger partial charge in [-0.15, -0.1) is 0 Å². The first-order chi connectivity index (χ1) is 2.39. The van der Waals surface area contributed by atoms with Crippen LogP contribution in [-0.4, -0.2) is 23.4 Å². The van der Waals surface area contributed by atoms with Gasteiger partial charge in [0.2, 0.25) is 0 Å². The first-order valence-corrected chi connectivity index (χ1v) is 1.83. The quantitative estimate of drug-likeness (QED) is 0.439. The Morgan fingerprint density at radius 3 is 1.80 bits per heavy atom. The summed E-state index contributed by atoms with van der Waals surface area (Å²) in [6.07, 6.45) is 1.16. The van der Waals surface area contributed by atoms with Gasteiger partial charge in [0.05, 0.1) is 0 Å². The summed E-state index contributed by atoms with van der Waals surface area (Å²) in [5.41, 5.74) is 0. The summed E-state index contributed by atoms with van der Waals surface area (Å²) in [6, 6.07) is 0. The Hall–Kier alpha value is -0.0800. The van der Waals surface area contributed by atoms with Crippen molar-refractivity contribution in [2.45, 2.75) is 6.42 Å². The minimum atomic E-state index is 0.875. The van der Waals surface area contributed by atoms with Crippen LogP contribution in [0.3, 0.4) is 0 Å². The summed E-state index contributed by atoms with van der Waals surface area (Å²) in [5.74, 6) is 0. The van der Waals surface area contributed by atoms with Gasteiger partial charge < -0.3 is 5.21 Å². The highest BCUT2D eigenvalue weighted by atomic mass is 16.5. The van der Waals surface area contributed by atoms with Crippen molar-refractivity contribution in [1.29, 1.82) is 0 Å². The van der Waals surface area contributed by atoms with Crippen molar-refractivity contribution in [2.24, 2.45) is 0 Å². The van der Waals surface area contributed by atoms with Crippen LogP contribution in [0.5, 0.6) is 0 Å². The fourth-order valence-electron chi connectivity index (χ4n) is 0.300. The first kappa shape index (κ1) is 3.12. The van der Waals surface area contributed by atoms with Crippen molar-refractivity contribution in [3.63, 3.8) is 0 Å². The number of hydroxylamine groups is 2. The highest BCUT2D eigenvalue weighted by molar-refractivity contribution is 4.55. The van der Waals surface area contributed by atoms with E-state index in [9.17, 15) is 0 Å². The van der Waals surface area contributed by atoms with Crippen molar-refractivity contribution < 1.29 is 5.21 Å². The minimum Gasteiger partial charge on any atom is -0.314 e. The number of hydrogen-bond donors (Lipinski definition) is 1. The topological polar surface area (TPSA) is 23.5 Å². The Morgan fingerprint density at radius 2 is 1.80 bits per heavy atom. The maximum absolute atomic E-state index is 8.28. The molecule has 0 saturated carbocycles. The molecule has 0 aromatic heterocycles. The van der Waals surface area contributed by atoms with Crippen LogP contribution in [0.15, 0.2) is 0 Å². The molecule has 0 radical (unpaired) electrons. The molecular formula is C3H7NO. The molecular weight excluding hydrogens is 66.0 g/mol. The molecule has 0 aromatic rings. The summed E-state index contributed by atoms with van der Waals surface area (Å²) in [5, 5.41) is 9.59. The fraction of sp³-hybridized carbons (Fsp3) is 1.00. The van der Waals surface area contributed by atoms with Crippen LogP contribution in [0.1, 0.15) is 6.42 Å². The number of hydrogen-bond acceptors (Lipinski definition) is 2. The molecule has 2 heteroatoms. The van der Waals surface area contributed by atoms with E-state index in [0.29, 0.717) is 0 Å².